The van der Waals surface area contributed by atoms with Gasteiger partial charge in [0, 0.05) is 55.3 Å². The number of benzene rings is 11. The lowest BCUT2D eigenvalue weighted by atomic mass is 9.92. The minimum absolute atomic E-state index is 0.00907. The molecule has 2 aliphatic heterocycles. The second-order valence-electron chi connectivity index (χ2n) is 27.9. The van der Waals surface area contributed by atoms with Gasteiger partial charge in [-0.05, 0) is 157 Å². The van der Waals surface area contributed by atoms with Gasteiger partial charge in [-0.1, -0.05) is 193 Å². The molecule has 11 aromatic carbocycles. The van der Waals surface area contributed by atoms with Crippen molar-refractivity contribution in [2.75, 3.05) is 44.5 Å². The lowest BCUT2D eigenvalue weighted by molar-refractivity contribution is 0.0711. The number of hydrogen-bond acceptors (Lipinski definition) is 10. The molecule has 122 heavy (non-hydrogen) atoms. The number of rotatable bonds is 26. The molecule has 2 aliphatic rings. The van der Waals surface area contributed by atoms with Gasteiger partial charge in [-0.25, -0.2) is 62.7 Å². The SMILES string of the molecule is CCC(CC(=O)c1c(F)cccc1F)OC.CCc1ccc(C(CBr)NC(=O)c2c(F)cccc2F)cc1.CCc1ccc(C2COC(c3c(F)cccc3F)=N2)cc1.COc1ccc(C(CCl)CC(=O)c2c(F)cccc2F)cc1.Cc1ccc(C(CCl)CC(=O)c2c(F)cccc2F)cc1.Cc1ccc(C2COC(c3c(F)cccc3F)=N2)cc1. The summed E-state index contributed by atoms with van der Waals surface area (Å²) in [6, 6.07) is 58.5. The van der Waals surface area contributed by atoms with Gasteiger partial charge in [-0.3, -0.25) is 19.2 Å². The van der Waals surface area contributed by atoms with Crippen molar-refractivity contribution in [1.82, 2.24) is 5.32 Å². The number of carbonyl (C=O) groups is 4. The molecule has 26 heteroatoms. The number of nitrogens with one attached hydrogen (secondary N) is 1. The normalized spacial score (nSPS) is 14.0. The summed E-state index contributed by atoms with van der Waals surface area (Å²) >= 11 is 15.2. The molecule has 13 rings (SSSR count). The van der Waals surface area contributed by atoms with E-state index < -0.39 is 115 Å². The second-order valence-corrected chi connectivity index (χ2v) is 29.2. The Balaban J connectivity index is 0.000000182. The number of alkyl halides is 3. The largest absolute Gasteiger partial charge is 0.497 e. The number of methoxy groups -OCH3 is 2. The van der Waals surface area contributed by atoms with Crippen LogP contribution >= 0.6 is 39.1 Å². The molecular weight excluding hydrogens is 1700 g/mol. The Labute approximate surface area is 719 Å². The van der Waals surface area contributed by atoms with E-state index in [4.69, 9.17) is 42.1 Å². The molecule has 0 saturated carbocycles. The van der Waals surface area contributed by atoms with Gasteiger partial charge in [0.2, 0.25) is 11.8 Å². The van der Waals surface area contributed by atoms with Crippen molar-refractivity contribution in [2.45, 2.75) is 109 Å². The third-order valence-corrected chi connectivity index (χ3v) is 21.0. The van der Waals surface area contributed by atoms with Crippen LogP contribution in [0.2, 0.25) is 0 Å². The Morgan fingerprint density at radius 2 is 0.721 bits per heavy atom. The third kappa shape index (κ3) is 26.9. The van der Waals surface area contributed by atoms with Crippen molar-refractivity contribution in [3.05, 3.63) is 384 Å². The molecule has 1 N–H and O–H groups in total. The number of aryl methyl sites for hydroxylation is 4. The van der Waals surface area contributed by atoms with Crippen molar-refractivity contribution < 1.29 is 90.8 Å². The van der Waals surface area contributed by atoms with Crippen LogP contribution in [-0.2, 0) is 27.1 Å². The quantitative estimate of drug-likeness (QED) is 0.0321. The molecule has 11 aromatic rings. The van der Waals surface area contributed by atoms with E-state index in [0.29, 0.717) is 30.7 Å². The Morgan fingerprint density at radius 1 is 0.418 bits per heavy atom. The lowest BCUT2D eigenvalue weighted by Gasteiger charge is -2.17. The summed E-state index contributed by atoms with van der Waals surface area (Å²) < 4.78 is 184. The maximum atomic E-state index is 13.7. The Hall–Kier alpha value is -11.2. The van der Waals surface area contributed by atoms with Gasteiger partial charge in [0.25, 0.3) is 5.91 Å². The molecule has 0 radical (unpaired) electrons. The number of ketones is 3. The highest BCUT2D eigenvalue weighted by Gasteiger charge is 2.30. The van der Waals surface area contributed by atoms with Gasteiger partial charge in [-0.15, -0.1) is 23.2 Å². The fourth-order valence-electron chi connectivity index (χ4n) is 12.6. The van der Waals surface area contributed by atoms with E-state index in [2.05, 4.69) is 45.1 Å². The minimum Gasteiger partial charge on any atom is -0.497 e. The number of carbonyl (C=O) groups excluding carboxylic acids is 4. The molecule has 2 heterocycles. The maximum Gasteiger partial charge on any atom is 0.257 e. The van der Waals surface area contributed by atoms with Crippen molar-refractivity contribution in [1.29, 1.82) is 0 Å². The van der Waals surface area contributed by atoms with Gasteiger partial charge >= 0.3 is 0 Å². The van der Waals surface area contributed by atoms with E-state index >= 15 is 0 Å². The van der Waals surface area contributed by atoms with Crippen LogP contribution in [0.4, 0.5) is 52.7 Å². The molecule has 11 nitrogen and oxygen atoms in total. The smallest absolute Gasteiger partial charge is 0.257 e. The van der Waals surface area contributed by atoms with E-state index in [9.17, 15) is 71.9 Å². The monoisotopic (exact) mass is 1790 g/mol. The standard InChI is InChI=1S/C17H16BrF2NO.C17H15ClF2O2.C17H15ClF2O.C17H15F2NO.C16H13F2NO.C12H14F2O2/c1-2-11-6-8-12(9-7-11)15(10-18)21-17(22)16-13(19)4-3-5-14(16)20;1-22-13-7-5-11(6-8-13)12(10-18)9-16(21)17-14(19)3-2-4-15(17)20;1-11-5-7-12(8-6-11)13(10-18)9-16(21)17-14(19)3-2-4-15(17)20;1-2-11-6-8-12(9-7-11)15-10-21-17(20-15)16-13(18)4-3-5-14(16)19;1-10-5-7-11(8-6-10)14-9-20-16(19-14)15-12(17)3-2-4-13(15)18;1-3-8(16-2)7-11(15)12-9(13)5-4-6-10(12)14/h3-9,15H,2,10H2,1H3,(H,21,22);2-8,12H,9-10H2,1H3;2-8,13H,9-10H2,1H3;3-9,15H,2,10H2,1H3;2-8,14H,9H2,1H3;4-6,8H,3,7H2,1-2H3. The van der Waals surface area contributed by atoms with Gasteiger partial charge in [0.05, 0.1) is 35.9 Å². The van der Waals surface area contributed by atoms with Crippen LogP contribution in [0.1, 0.15) is 179 Å². The highest BCUT2D eigenvalue weighted by Crippen LogP contribution is 2.33. The topological polar surface area (TPSA) is 142 Å². The van der Waals surface area contributed by atoms with Gasteiger partial charge in [-0.2, -0.15) is 0 Å². The number of ether oxygens (including phenoxy) is 4. The Kier molecular flexibility index (Phi) is 37.8. The van der Waals surface area contributed by atoms with E-state index in [-0.39, 0.29) is 90.0 Å². The molecule has 0 fully saturated rings. The predicted molar refractivity (Wildman–Crippen MR) is 454 cm³/mol. The summed E-state index contributed by atoms with van der Waals surface area (Å²) in [5, 5.41) is 3.10. The first kappa shape index (κ1) is 96.3. The first-order chi connectivity index (χ1) is 58.6. The number of amides is 1. The number of hydrogen-bond donors (Lipinski definition) is 1. The zero-order valence-corrected chi connectivity index (χ0v) is 70.6. The molecule has 0 bridgehead atoms. The van der Waals surface area contributed by atoms with Gasteiger partial charge < -0.3 is 24.3 Å². The summed E-state index contributed by atoms with van der Waals surface area (Å²) in [5.74, 6) is -11.3. The molecule has 0 aliphatic carbocycles. The van der Waals surface area contributed by atoms with E-state index in [1.807, 2.05) is 118 Å². The van der Waals surface area contributed by atoms with Crippen LogP contribution < -0.4 is 10.1 Å². The average molecular weight is 1790 g/mol. The summed E-state index contributed by atoms with van der Waals surface area (Å²) in [6.07, 6.45) is 2.12. The number of Topliss-reactive ketones (excluding diaryl/α,β-unsaturated/α-hetero) is 3. The highest BCUT2D eigenvalue weighted by molar-refractivity contribution is 9.09. The number of aliphatic imine (C=N–C) groups is 2. The number of halogens is 15. The van der Waals surface area contributed by atoms with Crippen molar-refractivity contribution in [3.63, 3.8) is 0 Å². The molecular formula is C96H88BrCl2F12N3O8. The highest BCUT2D eigenvalue weighted by atomic mass is 79.9. The van der Waals surface area contributed by atoms with Crippen LogP contribution in [0.5, 0.6) is 5.75 Å². The second kappa shape index (κ2) is 47.9. The first-order valence-electron chi connectivity index (χ1n) is 38.7. The van der Waals surface area contributed by atoms with Crippen LogP contribution in [0.3, 0.4) is 0 Å². The molecule has 640 valence electrons. The average Bonchev–Trinajstić information content (AvgIpc) is 1.38. The summed E-state index contributed by atoms with van der Waals surface area (Å²) in [4.78, 5) is 56.8. The Bertz CT molecular complexity index is 5140. The lowest BCUT2D eigenvalue weighted by Crippen LogP contribution is -2.31. The number of nitrogens with zero attached hydrogens (tertiary/aromatic N) is 2. The van der Waals surface area contributed by atoms with Crippen molar-refractivity contribution in [2.24, 2.45) is 9.98 Å². The molecule has 6 atom stereocenters. The van der Waals surface area contributed by atoms with Gasteiger partial charge in [0.1, 0.15) is 118 Å². The zero-order valence-electron chi connectivity index (χ0n) is 67.5. The van der Waals surface area contributed by atoms with E-state index in [1.165, 1.54) is 78.9 Å². The molecule has 1 amide bonds. The summed E-state index contributed by atoms with van der Waals surface area (Å²) in [6.45, 7) is 10.5. The Morgan fingerprint density at radius 3 is 1.04 bits per heavy atom. The van der Waals surface area contributed by atoms with Crippen LogP contribution in [-0.4, -0.2) is 85.7 Å². The maximum absolute atomic E-state index is 13.7. The molecule has 0 aromatic heterocycles. The first-order valence-corrected chi connectivity index (χ1v) is 40.9. The predicted octanol–water partition coefficient (Wildman–Crippen LogP) is 24.6. The van der Waals surface area contributed by atoms with Crippen LogP contribution in [0, 0.1) is 83.7 Å². The summed E-state index contributed by atoms with van der Waals surface area (Å²) in [7, 11) is 3.03. The fraction of sp³-hybridized carbons (Fsp3) is 0.250. The van der Waals surface area contributed by atoms with E-state index in [1.54, 1.807) is 31.4 Å². The van der Waals surface area contributed by atoms with Gasteiger partial charge in [0.15, 0.2) is 17.3 Å². The summed E-state index contributed by atoms with van der Waals surface area (Å²) in [5.41, 5.74) is 6.80. The van der Waals surface area contributed by atoms with Crippen molar-refractivity contribution in [3.8, 4) is 5.75 Å². The van der Waals surface area contributed by atoms with Crippen molar-refractivity contribution >= 4 is 74.2 Å². The zero-order chi connectivity index (χ0) is 88.7. The van der Waals surface area contributed by atoms with E-state index in [0.717, 1.165) is 100 Å². The minimum atomic E-state index is -0.868. The van der Waals surface area contributed by atoms with Crippen LogP contribution in [0.25, 0.3) is 0 Å². The molecule has 0 spiro atoms. The molecule has 6 unspecified atom stereocenters. The molecule has 0 saturated heterocycles. The fourth-order valence-corrected chi connectivity index (χ4v) is 13.7. The van der Waals surface area contributed by atoms with Crippen LogP contribution in [0.15, 0.2) is 241 Å². The third-order valence-electron chi connectivity index (χ3n) is 19.6.